The van der Waals surface area contributed by atoms with Crippen molar-refractivity contribution in [2.24, 2.45) is 5.10 Å². The van der Waals surface area contributed by atoms with Crippen LogP contribution in [-0.2, 0) is 4.79 Å². The van der Waals surface area contributed by atoms with E-state index in [0.717, 1.165) is 19.1 Å². The molecule has 2 aromatic carbocycles. The van der Waals surface area contributed by atoms with Gasteiger partial charge in [-0.3, -0.25) is 14.9 Å². The van der Waals surface area contributed by atoms with E-state index in [1.54, 1.807) is 12.1 Å². The van der Waals surface area contributed by atoms with Gasteiger partial charge in [0.15, 0.2) is 0 Å². The Labute approximate surface area is 168 Å². The van der Waals surface area contributed by atoms with E-state index in [2.05, 4.69) is 63.6 Å². The summed E-state index contributed by atoms with van der Waals surface area (Å²) in [5.41, 5.74) is 3.77. The maximum atomic E-state index is 11.8. The molecule has 0 aliphatic carbocycles. The molecule has 2 N–H and O–H groups in total. The van der Waals surface area contributed by atoms with Crippen molar-refractivity contribution >= 4 is 71.3 Å². The lowest BCUT2D eigenvalue weighted by molar-refractivity contribution is -0.384. The van der Waals surface area contributed by atoms with E-state index in [1.165, 1.54) is 18.3 Å². The Morgan fingerprint density at radius 2 is 1.76 bits per heavy atom. The van der Waals surface area contributed by atoms with E-state index in [0.29, 0.717) is 5.56 Å². The predicted molar refractivity (Wildman–Crippen MR) is 107 cm³/mol. The van der Waals surface area contributed by atoms with Crippen LogP contribution in [0.3, 0.4) is 0 Å². The standard InChI is InChI=1S/C15H11Br3N4O3/c16-11-5-13(18)14(6-12(11)17)19-8-15(23)21-20-7-9-1-3-10(4-2-9)22(24)25/h1-7,19H,8H2,(H,21,23). The van der Waals surface area contributed by atoms with Gasteiger partial charge < -0.3 is 5.32 Å². The van der Waals surface area contributed by atoms with Gasteiger partial charge in [0.1, 0.15) is 0 Å². The van der Waals surface area contributed by atoms with Crippen molar-refractivity contribution in [3.8, 4) is 0 Å². The number of hydrogen-bond donors (Lipinski definition) is 2. The molecular formula is C15H11Br3N4O3. The van der Waals surface area contributed by atoms with Gasteiger partial charge in [-0.1, -0.05) is 0 Å². The number of carbonyl (C=O) groups is 1. The number of anilines is 1. The fourth-order valence-corrected chi connectivity index (χ4v) is 3.21. The monoisotopic (exact) mass is 532 g/mol. The molecule has 10 heteroatoms. The van der Waals surface area contributed by atoms with Gasteiger partial charge in [0.05, 0.1) is 23.4 Å². The second-order valence-electron chi connectivity index (χ2n) is 4.74. The number of carbonyl (C=O) groups excluding carboxylic acids is 1. The van der Waals surface area contributed by atoms with Crippen LogP contribution in [0, 0.1) is 10.1 Å². The number of nitrogens with zero attached hydrogens (tertiary/aromatic N) is 2. The van der Waals surface area contributed by atoms with Crippen LogP contribution in [0.2, 0.25) is 0 Å². The maximum Gasteiger partial charge on any atom is 0.269 e. The van der Waals surface area contributed by atoms with Gasteiger partial charge in [-0.15, -0.1) is 0 Å². The largest absolute Gasteiger partial charge is 0.375 e. The summed E-state index contributed by atoms with van der Waals surface area (Å²) in [5, 5.41) is 17.4. The highest BCUT2D eigenvalue weighted by Gasteiger charge is 2.07. The van der Waals surface area contributed by atoms with Crippen LogP contribution in [0.4, 0.5) is 11.4 Å². The molecule has 0 aliphatic rings. The van der Waals surface area contributed by atoms with E-state index < -0.39 is 4.92 Å². The quantitative estimate of drug-likeness (QED) is 0.248. The zero-order valence-corrected chi connectivity index (χ0v) is 17.3. The van der Waals surface area contributed by atoms with E-state index >= 15 is 0 Å². The molecule has 7 nitrogen and oxygen atoms in total. The van der Waals surface area contributed by atoms with Crippen molar-refractivity contribution in [3.63, 3.8) is 0 Å². The van der Waals surface area contributed by atoms with Gasteiger partial charge in [-0.25, -0.2) is 5.43 Å². The average molecular weight is 535 g/mol. The van der Waals surface area contributed by atoms with Gasteiger partial charge in [0.2, 0.25) is 0 Å². The molecule has 25 heavy (non-hydrogen) atoms. The number of nitrogens with one attached hydrogen (secondary N) is 2. The first-order valence-electron chi connectivity index (χ1n) is 6.81. The van der Waals surface area contributed by atoms with E-state index in [9.17, 15) is 14.9 Å². The fraction of sp³-hybridized carbons (Fsp3) is 0.0667. The topological polar surface area (TPSA) is 96.6 Å². The molecule has 0 heterocycles. The lowest BCUT2D eigenvalue weighted by atomic mass is 10.2. The summed E-state index contributed by atoms with van der Waals surface area (Å²) < 4.78 is 2.56. The summed E-state index contributed by atoms with van der Waals surface area (Å²) in [6.45, 7) is 0.0320. The first-order chi connectivity index (χ1) is 11.9. The molecule has 2 rings (SSSR count). The van der Waals surface area contributed by atoms with Crippen molar-refractivity contribution in [1.82, 2.24) is 5.43 Å². The maximum absolute atomic E-state index is 11.8. The minimum absolute atomic E-state index is 0.00313. The summed E-state index contributed by atoms with van der Waals surface area (Å²) in [4.78, 5) is 21.9. The van der Waals surface area contributed by atoms with E-state index in [1.807, 2.05) is 12.1 Å². The minimum Gasteiger partial charge on any atom is -0.375 e. The van der Waals surface area contributed by atoms with Crippen LogP contribution < -0.4 is 10.7 Å². The van der Waals surface area contributed by atoms with Crippen LogP contribution in [0.15, 0.2) is 54.9 Å². The first kappa shape index (κ1) is 19.5. The predicted octanol–water partition coefficient (Wildman–Crippen LogP) is 4.44. The van der Waals surface area contributed by atoms with Crippen molar-refractivity contribution in [3.05, 3.63) is 65.5 Å². The van der Waals surface area contributed by atoms with Crippen molar-refractivity contribution in [1.29, 1.82) is 0 Å². The molecule has 2 aromatic rings. The zero-order chi connectivity index (χ0) is 18.4. The van der Waals surface area contributed by atoms with Gasteiger partial charge in [-0.2, -0.15) is 5.10 Å². The summed E-state index contributed by atoms with van der Waals surface area (Å²) in [7, 11) is 0. The number of benzene rings is 2. The Balaban J connectivity index is 1.86. The van der Waals surface area contributed by atoms with Crippen LogP contribution in [0.25, 0.3) is 0 Å². The molecule has 0 bridgehead atoms. The highest BCUT2D eigenvalue weighted by Crippen LogP contribution is 2.32. The first-order valence-corrected chi connectivity index (χ1v) is 9.19. The molecule has 130 valence electrons. The highest BCUT2D eigenvalue weighted by molar-refractivity contribution is 9.13. The van der Waals surface area contributed by atoms with Gasteiger partial charge >= 0.3 is 0 Å². The second-order valence-corrected chi connectivity index (χ2v) is 7.30. The smallest absolute Gasteiger partial charge is 0.269 e. The second kappa shape index (κ2) is 9.07. The third-order valence-corrected chi connectivity index (χ3v) is 5.46. The summed E-state index contributed by atoms with van der Waals surface area (Å²) in [5.74, 6) is -0.330. The molecule has 0 saturated carbocycles. The average Bonchev–Trinajstić information content (AvgIpc) is 2.57. The Bertz CT molecular complexity index is 826. The van der Waals surface area contributed by atoms with E-state index in [4.69, 9.17) is 0 Å². The Morgan fingerprint density at radius 1 is 1.12 bits per heavy atom. The molecule has 0 aliphatic heterocycles. The summed E-state index contributed by atoms with van der Waals surface area (Å²) >= 11 is 10.2. The number of non-ortho nitro benzene ring substituents is 1. The molecule has 0 radical (unpaired) electrons. The van der Waals surface area contributed by atoms with Crippen LogP contribution >= 0.6 is 47.8 Å². The molecule has 0 spiro atoms. The molecule has 0 saturated heterocycles. The van der Waals surface area contributed by atoms with Gasteiger partial charge in [0, 0.05) is 25.6 Å². The number of amides is 1. The molecule has 0 aromatic heterocycles. The minimum atomic E-state index is -0.479. The molecule has 1 amide bonds. The number of hydrogen-bond acceptors (Lipinski definition) is 5. The molecule has 0 atom stereocenters. The van der Waals surface area contributed by atoms with Crippen molar-refractivity contribution in [2.75, 3.05) is 11.9 Å². The Kier molecular flexibility index (Phi) is 7.09. The Hall–Kier alpha value is -1.78. The van der Waals surface area contributed by atoms with Gasteiger partial charge in [0.25, 0.3) is 11.6 Å². The fourth-order valence-electron chi connectivity index (χ4n) is 1.73. The van der Waals surface area contributed by atoms with E-state index in [-0.39, 0.29) is 18.1 Å². The van der Waals surface area contributed by atoms with Crippen molar-refractivity contribution in [2.45, 2.75) is 0 Å². The lowest BCUT2D eigenvalue weighted by Gasteiger charge is -2.09. The third kappa shape index (κ3) is 5.91. The summed E-state index contributed by atoms with van der Waals surface area (Å²) in [6.07, 6.45) is 1.41. The van der Waals surface area contributed by atoms with Crippen LogP contribution in [0.1, 0.15) is 5.56 Å². The van der Waals surface area contributed by atoms with Crippen molar-refractivity contribution < 1.29 is 9.72 Å². The highest BCUT2D eigenvalue weighted by atomic mass is 79.9. The van der Waals surface area contributed by atoms with Gasteiger partial charge in [-0.05, 0) is 77.6 Å². The molecular weight excluding hydrogens is 524 g/mol. The number of halogens is 3. The van der Waals surface area contributed by atoms with Crippen LogP contribution in [-0.4, -0.2) is 23.6 Å². The normalized spacial score (nSPS) is 10.7. The third-order valence-electron chi connectivity index (χ3n) is 2.96. The SMILES string of the molecule is O=C(CNc1cc(Br)c(Br)cc1Br)NN=Cc1ccc([N+](=O)[O-])cc1. The lowest BCUT2D eigenvalue weighted by Crippen LogP contribution is -2.26. The zero-order valence-electron chi connectivity index (χ0n) is 12.5. The summed E-state index contributed by atoms with van der Waals surface area (Å²) in [6, 6.07) is 9.52. The molecule has 0 fully saturated rings. The number of nitro groups is 1. The van der Waals surface area contributed by atoms with Crippen LogP contribution in [0.5, 0.6) is 0 Å². The number of hydrazone groups is 1. The Morgan fingerprint density at radius 3 is 2.40 bits per heavy atom. The number of nitro benzene ring substituents is 1. The number of rotatable bonds is 6. The molecule has 0 unspecified atom stereocenters.